The highest BCUT2D eigenvalue weighted by Gasteiger charge is 2.20. The lowest BCUT2D eigenvalue weighted by Gasteiger charge is -2.07. The van der Waals surface area contributed by atoms with Crippen LogP contribution >= 0.6 is 0 Å². The molecule has 1 aromatic carbocycles. The van der Waals surface area contributed by atoms with Gasteiger partial charge in [0.2, 0.25) is 0 Å². The first-order valence-electron chi connectivity index (χ1n) is 4.70. The van der Waals surface area contributed by atoms with E-state index in [1.807, 2.05) is 6.92 Å². The third-order valence-electron chi connectivity index (χ3n) is 2.58. The van der Waals surface area contributed by atoms with Gasteiger partial charge in [-0.15, -0.1) is 0 Å². The van der Waals surface area contributed by atoms with Gasteiger partial charge in [-0.2, -0.15) is 0 Å². The molecule has 0 bridgehead atoms. The Kier molecular flexibility index (Phi) is 2.00. The quantitative estimate of drug-likeness (QED) is 0.713. The van der Waals surface area contributed by atoms with Crippen molar-refractivity contribution < 1.29 is 4.74 Å². The molecule has 0 radical (unpaired) electrons. The minimum Gasteiger partial charge on any atom is -0.493 e. The summed E-state index contributed by atoms with van der Waals surface area (Å²) in [5.41, 5.74) is 8.24. The molecule has 1 aliphatic heterocycles. The maximum absolute atomic E-state index is 5.79. The van der Waals surface area contributed by atoms with Gasteiger partial charge < -0.3 is 10.5 Å². The summed E-state index contributed by atoms with van der Waals surface area (Å²) in [4.78, 5) is 0. The smallest absolute Gasteiger partial charge is 0.123 e. The summed E-state index contributed by atoms with van der Waals surface area (Å²) in [7, 11) is 0. The van der Waals surface area contributed by atoms with Gasteiger partial charge in [-0.1, -0.05) is 19.1 Å². The first kappa shape index (κ1) is 8.57. The van der Waals surface area contributed by atoms with E-state index in [2.05, 4.69) is 25.1 Å². The number of hydrogen-bond donors (Lipinski definition) is 1. The lowest BCUT2D eigenvalue weighted by molar-refractivity contribution is 0.337. The average molecular weight is 177 g/mol. The van der Waals surface area contributed by atoms with Crippen molar-refractivity contribution in [2.45, 2.75) is 25.8 Å². The molecule has 1 aliphatic rings. The summed E-state index contributed by atoms with van der Waals surface area (Å²) >= 11 is 0. The lowest BCUT2D eigenvalue weighted by Crippen LogP contribution is -2.04. The van der Waals surface area contributed by atoms with Gasteiger partial charge >= 0.3 is 0 Å². The van der Waals surface area contributed by atoms with E-state index in [4.69, 9.17) is 10.5 Å². The van der Waals surface area contributed by atoms with E-state index in [0.717, 1.165) is 17.9 Å². The SMILES string of the molecule is CC(N)c1ccc2c(c1)OCC2C. The van der Waals surface area contributed by atoms with E-state index in [1.165, 1.54) is 5.56 Å². The van der Waals surface area contributed by atoms with Gasteiger partial charge in [-0.25, -0.2) is 0 Å². The molecule has 2 unspecified atom stereocenters. The summed E-state index contributed by atoms with van der Waals surface area (Å²) in [6.45, 7) is 4.97. The second-order valence-corrected chi connectivity index (χ2v) is 3.80. The van der Waals surface area contributed by atoms with Gasteiger partial charge in [0.15, 0.2) is 0 Å². The summed E-state index contributed by atoms with van der Waals surface area (Å²) in [5, 5.41) is 0. The minimum absolute atomic E-state index is 0.0878. The Morgan fingerprint density at radius 3 is 3.00 bits per heavy atom. The van der Waals surface area contributed by atoms with Crippen molar-refractivity contribution >= 4 is 0 Å². The standard InChI is InChI=1S/C11H15NO/c1-7-6-13-11-5-9(8(2)12)3-4-10(7)11/h3-5,7-8H,6,12H2,1-2H3. The van der Waals surface area contributed by atoms with Crippen LogP contribution < -0.4 is 10.5 Å². The molecule has 2 N–H and O–H groups in total. The number of hydrogen-bond acceptors (Lipinski definition) is 2. The Morgan fingerprint density at radius 2 is 2.31 bits per heavy atom. The molecular formula is C11H15NO. The van der Waals surface area contributed by atoms with Crippen LogP contribution in [0.4, 0.5) is 0 Å². The van der Waals surface area contributed by atoms with Gasteiger partial charge in [0.1, 0.15) is 5.75 Å². The van der Waals surface area contributed by atoms with E-state index >= 15 is 0 Å². The summed E-state index contributed by atoms with van der Waals surface area (Å²) < 4.78 is 5.55. The molecule has 2 atom stereocenters. The van der Waals surface area contributed by atoms with Crippen molar-refractivity contribution in [1.82, 2.24) is 0 Å². The van der Waals surface area contributed by atoms with Crippen molar-refractivity contribution in [3.63, 3.8) is 0 Å². The molecular weight excluding hydrogens is 162 g/mol. The molecule has 0 amide bonds. The first-order chi connectivity index (χ1) is 6.18. The third kappa shape index (κ3) is 1.42. The Hall–Kier alpha value is -1.02. The fourth-order valence-electron chi connectivity index (χ4n) is 1.67. The third-order valence-corrected chi connectivity index (χ3v) is 2.58. The normalized spacial score (nSPS) is 22.2. The Balaban J connectivity index is 2.40. The topological polar surface area (TPSA) is 35.2 Å². The van der Waals surface area contributed by atoms with E-state index < -0.39 is 0 Å². The fourth-order valence-corrected chi connectivity index (χ4v) is 1.67. The van der Waals surface area contributed by atoms with E-state index in [1.54, 1.807) is 0 Å². The number of ether oxygens (including phenoxy) is 1. The number of nitrogens with two attached hydrogens (primary N) is 1. The molecule has 0 saturated heterocycles. The van der Waals surface area contributed by atoms with Crippen molar-refractivity contribution in [2.75, 3.05) is 6.61 Å². The predicted molar refractivity (Wildman–Crippen MR) is 53.0 cm³/mol. The van der Waals surface area contributed by atoms with E-state index in [-0.39, 0.29) is 6.04 Å². The van der Waals surface area contributed by atoms with Crippen molar-refractivity contribution in [3.05, 3.63) is 29.3 Å². The molecule has 2 rings (SSSR count). The monoisotopic (exact) mass is 177 g/mol. The van der Waals surface area contributed by atoms with E-state index in [0.29, 0.717) is 5.92 Å². The molecule has 1 heterocycles. The van der Waals surface area contributed by atoms with Crippen LogP contribution in [0, 0.1) is 0 Å². The van der Waals surface area contributed by atoms with Gasteiger partial charge in [-0.05, 0) is 18.6 Å². The minimum atomic E-state index is 0.0878. The van der Waals surface area contributed by atoms with Crippen LogP contribution in [0.5, 0.6) is 5.75 Å². The lowest BCUT2D eigenvalue weighted by atomic mass is 10.00. The van der Waals surface area contributed by atoms with Crippen LogP contribution in [0.1, 0.15) is 36.9 Å². The summed E-state index contributed by atoms with van der Waals surface area (Å²) in [5.74, 6) is 1.54. The maximum Gasteiger partial charge on any atom is 0.123 e. The van der Waals surface area contributed by atoms with Gasteiger partial charge in [-0.3, -0.25) is 0 Å². The highest BCUT2D eigenvalue weighted by molar-refractivity contribution is 5.43. The molecule has 2 nitrogen and oxygen atoms in total. The van der Waals surface area contributed by atoms with Gasteiger partial charge in [0.25, 0.3) is 0 Å². The molecule has 0 aliphatic carbocycles. The van der Waals surface area contributed by atoms with Gasteiger partial charge in [0, 0.05) is 17.5 Å². The van der Waals surface area contributed by atoms with Crippen LogP contribution in [0.3, 0.4) is 0 Å². The van der Waals surface area contributed by atoms with Crippen molar-refractivity contribution in [2.24, 2.45) is 5.73 Å². The molecule has 0 aromatic heterocycles. The molecule has 13 heavy (non-hydrogen) atoms. The number of benzene rings is 1. The largest absolute Gasteiger partial charge is 0.493 e. The molecule has 0 spiro atoms. The predicted octanol–water partition coefficient (Wildman–Crippen LogP) is 2.20. The Bertz CT molecular complexity index is 320. The van der Waals surface area contributed by atoms with Crippen LogP contribution in [0.25, 0.3) is 0 Å². The number of fused-ring (bicyclic) bond motifs is 1. The second-order valence-electron chi connectivity index (χ2n) is 3.80. The zero-order chi connectivity index (χ0) is 9.42. The van der Waals surface area contributed by atoms with Crippen LogP contribution in [-0.4, -0.2) is 6.61 Å². The molecule has 0 saturated carbocycles. The maximum atomic E-state index is 5.79. The van der Waals surface area contributed by atoms with Crippen molar-refractivity contribution in [1.29, 1.82) is 0 Å². The number of rotatable bonds is 1. The first-order valence-corrected chi connectivity index (χ1v) is 4.70. The molecule has 1 aromatic rings. The molecule has 70 valence electrons. The van der Waals surface area contributed by atoms with Crippen LogP contribution in [0.15, 0.2) is 18.2 Å². The van der Waals surface area contributed by atoms with Crippen molar-refractivity contribution in [3.8, 4) is 5.75 Å². The fraction of sp³-hybridized carbons (Fsp3) is 0.455. The zero-order valence-corrected chi connectivity index (χ0v) is 8.08. The van der Waals surface area contributed by atoms with E-state index in [9.17, 15) is 0 Å². The van der Waals surface area contributed by atoms with Gasteiger partial charge in [0.05, 0.1) is 6.61 Å². The Morgan fingerprint density at radius 1 is 1.54 bits per heavy atom. The summed E-state index contributed by atoms with van der Waals surface area (Å²) in [6.07, 6.45) is 0. The second kappa shape index (κ2) is 3.04. The zero-order valence-electron chi connectivity index (χ0n) is 8.08. The summed E-state index contributed by atoms with van der Waals surface area (Å²) in [6, 6.07) is 6.37. The highest BCUT2D eigenvalue weighted by Crippen LogP contribution is 2.34. The highest BCUT2D eigenvalue weighted by atomic mass is 16.5. The molecule has 0 fully saturated rings. The average Bonchev–Trinajstić information content (AvgIpc) is 2.47. The van der Waals surface area contributed by atoms with Crippen LogP contribution in [0.2, 0.25) is 0 Å². The molecule has 2 heteroatoms. The van der Waals surface area contributed by atoms with Crippen LogP contribution in [-0.2, 0) is 0 Å². The Labute approximate surface area is 78.7 Å².